The second kappa shape index (κ2) is 10.7. The smallest absolute Gasteiger partial charge is 0.344 e. The van der Waals surface area contributed by atoms with Crippen LogP contribution in [-0.4, -0.2) is 32.6 Å². The SMILES string of the molecule is CCOC(=O)COc1ccc(CC(NS(=O)(=O)c2ccccc2)c2cccnc2)cc1. The van der Waals surface area contributed by atoms with Crippen LogP contribution in [0.5, 0.6) is 5.75 Å². The molecule has 0 aliphatic carbocycles. The molecule has 0 amide bonds. The third-order valence-corrected chi connectivity index (χ3v) is 5.95. The molecule has 0 aliphatic heterocycles. The van der Waals surface area contributed by atoms with E-state index in [2.05, 4.69) is 9.71 Å². The Hall–Kier alpha value is -3.23. The minimum Gasteiger partial charge on any atom is -0.482 e. The molecule has 0 fully saturated rings. The van der Waals surface area contributed by atoms with Gasteiger partial charge in [-0.1, -0.05) is 36.4 Å². The van der Waals surface area contributed by atoms with Gasteiger partial charge in [-0.05, 0) is 54.8 Å². The van der Waals surface area contributed by atoms with Gasteiger partial charge in [-0.3, -0.25) is 4.98 Å². The molecular weight excluding hydrogens is 416 g/mol. The molecule has 2 aromatic carbocycles. The number of benzene rings is 2. The largest absolute Gasteiger partial charge is 0.482 e. The molecule has 1 unspecified atom stereocenters. The number of aromatic nitrogens is 1. The van der Waals surface area contributed by atoms with Crippen LogP contribution in [-0.2, 0) is 26.0 Å². The van der Waals surface area contributed by atoms with Gasteiger partial charge in [0.05, 0.1) is 17.5 Å². The molecule has 0 saturated heterocycles. The number of nitrogens with one attached hydrogen (secondary N) is 1. The van der Waals surface area contributed by atoms with E-state index >= 15 is 0 Å². The Labute approximate surface area is 182 Å². The van der Waals surface area contributed by atoms with Crippen LogP contribution in [0.15, 0.2) is 84.0 Å². The van der Waals surface area contributed by atoms with Gasteiger partial charge in [0.15, 0.2) is 6.61 Å². The van der Waals surface area contributed by atoms with E-state index in [0.29, 0.717) is 18.8 Å². The van der Waals surface area contributed by atoms with E-state index in [-0.39, 0.29) is 11.5 Å². The quantitative estimate of drug-likeness (QED) is 0.486. The number of hydrogen-bond acceptors (Lipinski definition) is 6. The molecule has 8 heteroatoms. The summed E-state index contributed by atoms with van der Waals surface area (Å²) in [5.41, 5.74) is 1.65. The molecule has 0 bridgehead atoms. The number of esters is 1. The normalized spacial score (nSPS) is 12.2. The Balaban J connectivity index is 1.74. The second-order valence-corrected chi connectivity index (χ2v) is 8.43. The van der Waals surface area contributed by atoms with Gasteiger partial charge in [-0.15, -0.1) is 0 Å². The average Bonchev–Trinajstić information content (AvgIpc) is 2.79. The van der Waals surface area contributed by atoms with Crippen LogP contribution in [0.25, 0.3) is 0 Å². The maximum Gasteiger partial charge on any atom is 0.344 e. The predicted molar refractivity (Wildman–Crippen MR) is 116 cm³/mol. The van der Waals surface area contributed by atoms with Gasteiger partial charge in [0, 0.05) is 12.4 Å². The first-order chi connectivity index (χ1) is 15.0. The molecule has 162 valence electrons. The van der Waals surface area contributed by atoms with Crippen molar-refractivity contribution in [3.63, 3.8) is 0 Å². The van der Waals surface area contributed by atoms with Gasteiger partial charge in [0.1, 0.15) is 5.75 Å². The van der Waals surface area contributed by atoms with E-state index in [1.54, 1.807) is 67.8 Å². The molecule has 0 aliphatic rings. The highest BCUT2D eigenvalue weighted by atomic mass is 32.2. The molecule has 1 N–H and O–H groups in total. The maximum absolute atomic E-state index is 12.9. The zero-order chi connectivity index (χ0) is 22.1. The van der Waals surface area contributed by atoms with E-state index in [4.69, 9.17) is 9.47 Å². The van der Waals surface area contributed by atoms with Crippen molar-refractivity contribution in [1.29, 1.82) is 0 Å². The molecule has 0 radical (unpaired) electrons. The van der Waals surface area contributed by atoms with Crippen molar-refractivity contribution in [2.45, 2.75) is 24.3 Å². The Bertz CT molecular complexity index is 1070. The second-order valence-electron chi connectivity index (χ2n) is 6.72. The summed E-state index contributed by atoms with van der Waals surface area (Å²) in [5, 5.41) is 0. The first kappa shape index (κ1) is 22.5. The van der Waals surface area contributed by atoms with Crippen LogP contribution < -0.4 is 9.46 Å². The number of nitrogens with zero attached hydrogens (tertiary/aromatic N) is 1. The minimum absolute atomic E-state index is 0.164. The summed E-state index contributed by atoms with van der Waals surface area (Å²) in [4.78, 5) is 15.7. The van der Waals surface area contributed by atoms with Crippen LogP contribution >= 0.6 is 0 Å². The number of sulfonamides is 1. The molecule has 31 heavy (non-hydrogen) atoms. The summed E-state index contributed by atoms with van der Waals surface area (Å²) in [6, 6.07) is 18.5. The minimum atomic E-state index is -3.71. The first-order valence-electron chi connectivity index (χ1n) is 9.82. The number of carbonyl (C=O) groups is 1. The third kappa shape index (κ3) is 6.63. The lowest BCUT2D eigenvalue weighted by molar-refractivity contribution is -0.145. The Morgan fingerprint density at radius 2 is 1.77 bits per heavy atom. The molecule has 3 aromatic rings. The Morgan fingerprint density at radius 3 is 2.42 bits per heavy atom. The van der Waals surface area contributed by atoms with E-state index < -0.39 is 22.0 Å². The van der Waals surface area contributed by atoms with Crippen molar-refractivity contribution in [2.75, 3.05) is 13.2 Å². The summed E-state index contributed by atoms with van der Waals surface area (Å²) in [6.07, 6.45) is 3.70. The number of pyridine rings is 1. The number of ether oxygens (including phenoxy) is 2. The van der Waals surface area contributed by atoms with Gasteiger partial charge in [-0.25, -0.2) is 17.9 Å². The van der Waals surface area contributed by atoms with Gasteiger partial charge in [0.25, 0.3) is 0 Å². The molecule has 3 rings (SSSR count). The van der Waals surface area contributed by atoms with Crippen LogP contribution in [0, 0.1) is 0 Å². The van der Waals surface area contributed by atoms with Crippen molar-refractivity contribution >= 4 is 16.0 Å². The van der Waals surface area contributed by atoms with E-state index in [0.717, 1.165) is 11.1 Å². The van der Waals surface area contributed by atoms with Crippen LogP contribution in [0.2, 0.25) is 0 Å². The fourth-order valence-corrected chi connectivity index (χ4v) is 4.21. The van der Waals surface area contributed by atoms with Gasteiger partial charge < -0.3 is 9.47 Å². The number of hydrogen-bond donors (Lipinski definition) is 1. The summed E-state index contributed by atoms with van der Waals surface area (Å²) < 4.78 is 38.8. The van der Waals surface area contributed by atoms with Crippen LogP contribution in [0.4, 0.5) is 0 Å². The first-order valence-corrected chi connectivity index (χ1v) is 11.3. The lowest BCUT2D eigenvalue weighted by Gasteiger charge is -2.19. The molecule has 7 nitrogen and oxygen atoms in total. The lowest BCUT2D eigenvalue weighted by atomic mass is 10.0. The summed E-state index contributed by atoms with van der Waals surface area (Å²) >= 11 is 0. The fourth-order valence-electron chi connectivity index (χ4n) is 2.97. The van der Waals surface area contributed by atoms with Crippen LogP contribution in [0.1, 0.15) is 24.1 Å². The van der Waals surface area contributed by atoms with E-state index in [1.165, 1.54) is 0 Å². The zero-order valence-corrected chi connectivity index (χ0v) is 17.9. The maximum atomic E-state index is 12.9. The zero-order valence-electron chi connectivity index (χ0n) is 17.1. The Morgan fingerprint density at radius 1 is 1.03 bits per heavy atom. The van der Waals surface area contributed by atoms with Crippen molar-refractivity contribution < 1.29 is 22.7 Å². The van der Waals surface area contributed by atoms with E-state index in [1.807, 2.05) is 18.2 Å². The summed E-state index contributed by atoms with van der Waals surface area (Å²) in [5.74, 6) is 0.0955. The number of rotatable bonds is 10. The van der Waals surface area contributed by atoms with Gasteiger partial charge >= 0.3 is 5.97 Å². The molecule has 1 heterocycles. The highest BCUT2D eigenvalue weighted by Crippen LogP contribution is 2.22. The summed E-state index contributed by atoms with van der Waals surface area (Å²) in [6.45, 7) is 1.87. The molecular formula is C23H24N2O5S. The van der Waals surface area contributed by atoms with Crippen LogP contribution in [0.3, 0.4) is 0 Å². The highest BCUT2D eigenvalue weighted by Gasteiger charge is 2.22. The molecule has 0 spiro atoms. The topological polar surface area (TPSA) is 94.6 Å². The van der Waals surface area contributed by atoms with Crippen molar-refractivity contribution in [1.82, 2.24) is 9.71 Å². The van der Waals surface area contributed by atoms with Crippen molar-refractivity contribution in [3.05, 3.63) is 90.3 Å². The number of carbonyl (C=O) groups excluding carboxylic acids is 1. The Kier molecular flexibility index (Phi) is 7.75. The van der Waals surface area contributed by atoms with E-state index in [9.17, 15) is 13.2 Å². The van der Waals surface area contributed by atoms with Crippen molar-refractivity contribution in [2.24, 2.45) is 0 Å². The third-order valence-electron chi connectivity index (χ3n) is 4.46. The predicted octanol–water partition coefficient (Wildman–Crippen LogP) is 3.29. The highest BCUT2D eigenvalue weighted by molar-refractivity contribution is 7.89. The molecule has 1 aromatic heterocycles. The van der Waals surface area contributed by atoms with Gasteiger partial charge in [-0.2, -0.15) is 0 Å². The molecule has 1 atom stereocenters. The average molecular weight is 441 g/mol. The molecule has 0 saturated carbocycles. The lowest BCUT2D eigenvalue weighted by Crippen LogP contribution is -2.30. The van der Waals surface area contributed by atoms with Crippen molar-refractivity contribution in [3.8, 4) is 5.75 Å². The summed E-state index contributed by atoms with van der Waals surface area (Å²) in [7, 11) is -3.71. The van der Waals surface area contributed by atoms with Gasteiger partial charge in [0.2, 0.25) is 10.0 Å². The monoisotopic (exact) mass is 440 g/mol. The fraction of sp³-hybridized carbons (Fsp3) is 0.217. The standard InChI is InChI=1S/C23H24N2O5S/c1-2-29-23(26)17-30-20-12-10-18(11-13-20)15-22(19-7-6-14-24-16-19)25-31(27,28)21-8-4-3-5-9-21/h3-14,16,22,25H,2,15,17H2,1H3.